The molecule has 0 heterocycles. The Morgan fingerprint density at radius 1 is 0.642 bits per heavy atom. The summed E-state index contributed by atoms with van der Waals surface area (Å²) in [5.41, 5.74) is 0. The zero-order valence-electron chi connectivity index (χ0n) is 33.0. The highest BCUT2D eigenvalue weighted by Crippen LogP contribution is 2.43. The van der Waals surface area contributed by atoms with Crippen LogP contribution < -0.4 is 0 Å². The fourth-order valence-corrected chi connectivity index (χ4v) is 5.94. The monoisotopic (exact) mass is 768 g/mol. The molecule has 0 aromatic carbocycles. The molecule has 10 nitrogen and oxygen atoms in total. The number of hydrogen-bond donors (Lipinski definition) is 3. The molecule has 0 saturated heterocycles. The van der Waals surface area contributed by atoms with E-state index in [1.54, 1.807) is 12.2 Å². The number of rotatable bonds is 37. The van der Waals surface area contributed by atoms with Crippen molar-refractivity contribution in [2.45, 2.75) is 167 Å². The normalized spacial score (nSPS) is 14.6. The van der Waals surface area contributed by atoms with Gasteiger partial charge in [0, 0.05) is 12.5 Å². The van der Waals surface area contributed by atoms with E-state index >= 15 is 0 Å². The molecule has 0 aromatic heterocycles. The van der Waals surface area contributed by atoms with E-state index in [0.29, 0.717) is 6.42 Å². The van der Waals surface area contributed by atoms with E-state index in [-0.39, 0.29) is 13.0 Å². The Morgan fingerprint density at radius 2 is 1.17 bits per heavy atom. The second-order valence-electron chi connectivity index (χ2n) is 13.4. The van der Waals surface area contributed by atoms with Gasteiger partial charge in [-0.2, -0.15) is 0 Å². The van der Waals surface area contributed by atoms with Gasteiger partial charge in [0.05, 0.1) is 19.8 Å². The SMILES string of the molecule is CC/C=C/C/C=C/C/C=C/CCCCCCCC(=O)OC[C@H](COP(=O)(O)OC[C@@H](O)CO)OC(=O)/C=C/C=C/CCCCCCCCCCCCC. The van der Waals surface area contributed by atoms with Crippen molar-refractivity contribution in [1.82, 2.24) is 0 Å². The summed E-state index contributed by atoms with van der Waals surface area (Å²) < 4.78 is 32.4. The molecule has 3 atom stereocenters. The molecule has 53 heavy (non-hydrogen) atoms. The van der Waals surface area contributed by atoms with Crippen LogP contribution in [0.15, 0.2) is 60.8 Å². The lowest BCUT2D eigenvalue weighted by atomic mass is 10.1. The van der Waals surface area contributed by atoms with Gasteiger partial charge in [-0.15, -0.1) is 0 Å². The molecular weight excluding hydrogens is 695 g/mol. The molecule has 0 aliphatic rings. The third-order valence-electron chi connectivity index (χ3n) is 8.26. The topological polar surface area (TPSA) is 149 Å². The van der Waals surface area contributed by atoms with Gasteiger partial charge in [0.1, 0.15) is 12.7 Å². The number of ether oxygens (including phenoxy) is 2. The van der Waals surface area contributed by atoms with Crippen LogP contribution in [-0.2, 0) is 32.7 Å². The first-order valence-corrected chi connectivity index (χ1v) is 21.8. The van der Waals surface area contributed by atoms with Crippen molar-refractivity contribution in [1.29, 1.82) is 0 Å². The summed E-state index contributed by atoms with van der Waals surface area (Å²) >= 11 is 0. The zero-order chi connectivity index (χ0) is 39.1. The smallest absolute Gasteiger partial charge is 0.462 e. The number of esters is 2. The maximum Gasteiger partial charge on any atom is 0.472 e. The van der Waals surface area contributed by atoms with Gasteiger partial charge in [-0.1, -0.05) is 152 Å². The largest absolute Gasteiger partial charge is 0.472 e. The molecule has 0 aromatic rings. The van der Waals surface area contributed by atoms with E-state index in [2.05, 4.69) is 54.8 Å². The van der Waals surface area contributed by atoms with Crippen LogP contribution in [0.3, 0.4) is 0 Å². The molecule has 1 unspecified atom stereocenters. The molecule has 0 saturated carbocycles. The van der Waals surface area contributed by atoms with Gasteiger partial charge < -0.3 is 24.6 Å². The third kappa shape index (κ3) is 37.8. The number of aliphatic hydroxyl groups excluding tert-OH is 2. The zero-order valence-corrected chi connectivity index (χ0v) is 33.9. The van der Waals surface area contributed by atoms with Crippen molar-refractivity contribution in [2.24, 2.45) is 0 Å². The molecule has 0 aliphatic heterocycles. The van der Waals surface area contributed by atoms with Crippen LogP contribution in [0.5, 0.6) is 0 Å². The van der Waals surface area contributed by atoms with Gasteiger partial charge in [0.25, 0.3) is 0 Å². The van der Waals surface area contributed by atoms with Crippen molar-refractivity contribution >= 4 is 19.8 Å². The molecule has 306 valence electrons. The molecule has 3 N–H and O–H groups in total. The lowest BCUT2D eigenvalue weighted by Crippen LogP contribution is -2.29. The second kappa shape index (κ2) is 38.0. The molecule has 0 bridgehead atoms. The molecule has 0 aliphatic carbocycles. The molecule has 0 fully saturated rings. The van der Waals surface area contributed by atoms with Crippen LogP contribution in [0.25, 0.3) is 0 Å². The predicted octanol–water partition coefficient (Wildman–Crippen LogP) is 10.3. The molecule has 0 rings (SSSR count). The summed E-state index contributed by atoms with van der Waals surface area (Å²) in [6, 6.07) is 0. The number of allylic oxidation sites excluding steroid dienone is 9. The van der Waals surface area contributed by atoms with E-state index in [4.69, 9.17) is 19.1 Å². The minimum Gasteiger partial charge on any atom is -0.462 e. The highest BCUT2D eigenvalue weighted by molar-refractivity contribution is 7.47. The summed E-state index contributed by atoms with van der Waals surface area (Å²) in [6.07, 6.45) is 41.1. The van der Waals surface area contributed by atoms with Crippen molar-refractivity contribution in [3.63, 3.8) is 0 Å². The van der Waals surface area contributed by atoms with E-state index in [1.165, 1.54) is 70.3 Å². The van der Waals surface area contributed by atoms with Gasteiger partial charge in [-0.3, -0.25) is 13.8 Å². The Labute approximate surface area is 321 Å². The molecule has 0 spiro atoms. The highest BCUT2D eigenvalue weighted by atomic mass is 31.2. The molecular formula is C42H73O10P. The van der Waals surface area contributed by atoms with Gasteiger partial charge in [0.15, 0.2) is 6.10 Å². The lowest BCUT2D eigenvalue weighted by Gasteiger charge is -2.19. The van der Waals surface area contributed by atoms with Crippen LogP contribution in [0.4, 0.5) is 0 Å². The minimum atomic E-state index is -4.65. The summed E-state index contributed by atoms with van der Waals surface area (Å²) in [5, 5.41) is 18.3. The fraction of sp³-hybridized carbons (Fsp3) is 0.714. The summed E-state index contributed by atoms with van der Waals surface area (Å²) in [6.45, 7) is 2.11. The first kappa shape index (κ1) is 50.7. The second-order valence-corrected chi connectivity index (χ2v) is 14.8. The molecule has 0 amide bonds. The lowest BCUT2D eigenvalue weighted by molar-refractivity contribution is -0.157. The quantitative estimate of drug-likeness (QED) is 0.0139. The van der Waals surface area contributed by atoms with Gasteiger partial charge >= 0.3 is 19.8 Å². The van der Waals surface area contributed by atoms with E-state index in [1.807, 2.05) is 6.08 Å². The highest BCUT2D eigenvalue weighted by Gasteiger charge is 2.26. The molecule has 0 radical (unpaired) electrons. The number of aliphatic hydroxyl groups is 2. The van der Waals surface area contributed by atoms with E-state index < -0.39 is 51.8 Å². The van der Waals surface area contributed by atoms with E-state index in [9.17, 15) is 24.2 Å². The number of phosphoric ester groups is 1. The van der Waals surface area contributed by atoms with Gasteiger partial charge in [0.2, 0.25) is 0 Å². The van der Waals surface area contributed by atoms with Crippen LogP contribution in [0, 0.1) is 0 Å². The number of hydrogen-bond acceptors (Lipinski definition) is 9. The maximum absolute atomic E-state index is 12.5. The summed E-state index contributed by atoms with van der Waals surface area (Å²) in [5.74, 6) is -1.20. The average Bonchev–Trinajstić information content (AvgIpc) is 3.14. The Bertz CT molecular complexity index is 1070. The van der Waals surface area contributed by atoms with Crippen LogP contribution in [-0.4, -0.2) is 65.7 Å². The average molecular weight is 769 g/mol. The third-order valence-corrected chi connectivity index (χ3v) is 9.21. The molecule has 11 heteroatoms. The van der Waals surface area contributed by atoms with Crippen molar-refractivity contribution in [2.75, 3.05) is 26.4 Å². The van der Waals surface area contributed by atoms with Crippen molar-refractivity contribution in [3.05, 3.63) is 60.8 Å². The van der Waals surface area contributed by atoms with Crippen LogP contribution >= 0.6 is 7.82 Å². The van der Waals surface area contributed by atoms with Crippen molar-refractivity contribution < 1.29 is 47.8 Å². The van der Waals surface area contributed by atoms with Gasteiger partial charge in [-0.25, -0.2) is 9.36 Å². The standard InChI is InChI=1S/C42H73O10P/c1-3-5-7-9-11-13-15-17-19-21-23-25-27-29-31-33-41(45)49-37-40(38-51-53(47,48)50-36-39(44)35-43)52-42(46)34-32-30-28-26-24-22-20-18-16-14-12-10-8-6-4-2/h5,7,11,13,17,19,28,30,32,34,39-40,43-44H,3-4,6,8-10,12,14-16,18,20-27,29,31,33,35-38H2,1-2H3,(H,47,48)/b7-5+,13-11+,19-17+,30-28+,34-32+/t39-,40+/m0/s1. The predicted molar refractivity (Wildman–Crippen MR) is 214 cm³/mol. The summed E-state index contributed by atoms with van der Waals surface area (Å²) in [4.78, 5) is 34.8. The number of carbonyl (C=O) groups is 2. The minimum absolute atomic E-state index is 0.200. The number of carbonyl (C=O) groups excluding carboxylic acids is 2. The number of unbranched alkanes of at least 4 members (excludes halogenated alkanes) is 16. The first-order chi connectivity index (χ1) is 25.7. The Balaban J connectivity index is 4.48. The van der Waals surface area contributed by atoms with Crippen LogP contribution in [0.2, 0.25) is 0 Å². The summed E-state index contributed by atoms with van der Waals surface area (Å²) in [7, 11) is -4.65. The maximum atomic E-state index is 12.5. The van der Waals surface area contributed by atoms with Crippen LogP contribution in [0.1, 0.15) is 155 Å². The Hall–Kier alpha value is -2.33. The first-order valence-electron chi connectivity index (χ1n) is 20.3. The fourth-order valence-electron chi connectivity index (χ4n) is 5.15. The Morgan fingerprint density at radius 3 is 1.77 bits per heavy atom. The van der Waals surface area contributed by atoms with E-state index in [0.717, 1.165) is 64.2 Å². The number of phosphoric acid groups is 1. The Kier molecular flexibility index (Phi) is 36.3. The van der Waals surface area contributed by atoms with Gasteiger partial charge in [-0.05, 0) is 51.4 Å². The van der Waals surface area contributed by atoms with Crippen molar-refractivity contribution in [3.8, 4) is 0 Å².